The molecule has 0 spiro atoms. The quantitative estimate of drug-likeness (QED) is 0.821. The maximum absolute atomic E-state index is 13.6. The van der Waals surface area contributed by atoms with Gasteiger partial charge in [-0.05, 0) is 12.3 Å². The van der Waals surface area contributed by atoms with Gasteiger partial charge in [0.2, 0.25) is 0 Å². The van der Waals surface area contributed by atoms with E-state index in [-0.39, 0.29) is 17.6 Å². The normalized spacial score (nSPS) is 25.1. The van der Waals surface area contributed by atoms with Gasteiger partial charge in [-0.25, -0.2) is 13.2 Å². The lowest BCUT2D eigenvalue weighted by molar-refractivity contribution is 0.376. The minimum atomic E-state index is -0.898. The Balaban J connectivity index is 2.29. The van der Waals surface area contributed by atoms with E-state index in [1.165, 1.54) is 0 Å². The monoisotopic (exact) mass is 244 g/mol. The highest BCUT2D eigenvalue weighted by Gasteiger charge is 2.27. The van der Waals surface area contributed by atoms with Crippen LogP contribution in [0.15, 0.2) is 12.1 Å². The summed E-state index contributed by atoms with van der Waals surface area (Å²) in [5.41, 5.74) is 5.70. The molecule has 2 N–H and O–H groups in total. The first-order chi connectivity index (χ1) is 7.99. The minimum absolute atomic E-state index is 0.0535. The Labute approximate surface area is 98.2 Å². The highest BCUT2D eigenvalue weighted by Crippen LogP contribution is 2.28. The Morgan fingerprint density at radius 2 is 1.82 bits per heavy atom. The number of piperidine rings is 1. The second-order valence-electron chi connectivity index (χ2n) is 4.59. The second-order valence-corrected chi connectivity index (χ2v) is 4.59. The van der Waals surface area contributed by atoms with Gasteiger partial charge >= 0.3 is 0 Å². The molecule has 1 saturated heterocycles. The van der Waals surface area contributed by atoms with E-state index < -0.39 is 17.5 Å². The predicted molar refractivity (Wildman–Crippen MR) is 60.3 cm³/mol. The Morgan fingerprint density at radius 1 is 1.24 bits per heavy atom. The Kier molecular flexibility index (Phi) is 3.28. The fourth-order valence-corrected chi connectivity index (χ4v) is 2.20. The number of hydrogen-bond donors (Lipinski definition) is 1. The average molecular weight is 244 g/mol. The van der Waals surface area contributed by atoms with Gasteiger partial charge in [-0.3, -0.25) is 0 Å². The van der Waals surface area contributed by atoms with Gasteiger partial charge < -0.3 is 10.6 Å². The zero-order valence-electron chi connectivity index (χ0n) is 9.59. The zero-order chi connectivity index (χ0) is 12.6. The fourth-order valence-electron chi connectivity index (χ4n) is 2.20. The molecule has 1 aromatic carbocycles. The molecular formula is C12H15F3N2. The smallest absolute Gasteiger partial charge is 0.152 e. The summed E-state index contributed by atoms with van der Waals surface area (Å²) < 4.78 is 39.9. The molecule has 0 radical (unpaired) electrons. The molecular weight excluding hydrogens is 229 g/mol. The van der Waals surface area contributed by atoms with Crippen LogP contribution >= 0.6 is 0 Å². The third-order valence-corrected chi connectivity index (χ3v) is 3.27. The van der Waals surface area contributed by atoms with Crippen LogP contribution in [0, 0.1) is 23.4 Å². The molecule has 0 amide bonds. The lowest BCUT2D eigenvalue weighted by atomic mass is 9.94. The van der Waals surface area contributed by atoms with Crippen molar-refractivity contribution in [1.82, 2.24) is 0 Å². The van der Waals surface area contributed by atoms with Crippen molar-refractivity contribution in [2.24, 2.45) is 11.7 Å². The molecule has 1 aliphatic rings. The highest BCUT2D eigenvalue weighted by molar-refractivity contribution is 5.50. The molecule has 17 heavy (non-hydrogen) atoms. The average Bonchev–Trinajstić information content (AvgIpc) is 2.21. The Morgan fingerprint density at radius 3 is 2.35 bits per heavy atom. The largest absolute Gasteiger partial charge is 0.366 e. The molecule has 94 valence electrons. The number of hydrogen-bond acceptors (Lipinski definition) is 2. The van der Waals surface area contributed by atoms with Crippen molar-refractivity contribution in [1.29, 1.82) is 0 Å². The van der Waals surface area contributed by atoms with E-state index >= 15 is 0 Å². The molecule has 2 unspecified atom stereocenters. The summed E-state index contributed by atoms with van der Waals surface area (Å²) in [6.07, 6.45) is 0.678. The van der Waals surface area contributed by atoms with Crippen molar-refractivity contribution in [3.05, 3.63) is 29.6 Å². The van der Waals surface area contributed by atoms with Crippen molar-refractivity contribution in [3.63, 3.8) is 0 Å². The summed E-state index contributed by atoms with van der Waals surface area (Å²) >= 11 is 0. The van der Waals surface area contributed by atoms with Gasteiger partial charge in [-0.2, -0.15) is 0 Å². The maximum atomic E-state index is 13.6. The van der Waals surface area contributed by atoms with Crippen LogP contribution in [-0.4, -0.2) is 19.1 Å². The number of halogens is 3. The molecule has 2 nitrogen and oxygen atoms in total. The molecule has 5 heteroatoms. The third-order valence-electron chi connectivity index (χ3n) is 3.27. The second kappa shape index (κ2) is 4.56. The predicted octanol–water partition coefficient (Wildman–Crippen LogP) is 2.28. The van der Waals surface area contributed by atoms with E-state index in [4.69, 9.17) is 5.73 Å². The number of anilines is 1. The Hall–Kier alpha value is -1.23. The summed E-state index contributed by atoms with van der Waals surface area (Å²) in [7, 11) is 0. The van der Waals surface area contributed by atoms with Crippen LogP contribution in [0.3, 0.4) is 0 Å². The topological polar surface area (TPSA) is 29.3 Å². The van der Waals surface area contributed by atoms with Gasteiger partial charge in [-0.1, -0.05) is 6.92 Å². The van der Waals surface area contributed by atoms with Crippen LogP contribution in [-0.2, 0) is 0 Å². The number of nitrogens with two attached hydrogens (primary N) is 1. The van der Waals surface area contributed by atoms with Crippen LogP contribution in [0.5, 0.6) is 0 Å². The van der Waals surface area contributed by atoms with Crippen molar-refractivity contribution >= 4 is 5.69 Å². The van der Waals surface area contributed by atoms with Gasteiger partial charge in [0.1, 0.15) is 11.5 Å². The summed E-state index contributed by atoms with van der Waals surface area (Å²) in [6, 6.07) is 1.47. The van der Waals surface area contributed by atoms with Crippen LogP contribution in [0.25, 0.3) is 0 Å². The van der Waals surface area contributed by atoms with Crippen molar-refractivity contribution < 1.29 is 13.2 Å². The standard InChI is InChI=1S/C12H15F3N2/c1-7-6-17(3-2-11(7)16)12-9(14)4-8(13)5-10(12)15/h4-5,7,11H,2-3,6,16H2,1H3. The van der Waals surface area contributed by atoms with Gasteiger partial charge in [-0.15, -0.1) is 0 Å². The molecule has 1 aliphatic heterocycles. The van der Waals surface area contributed by atoms with Crippen LogP contribution < -0.4 is 10.6 Å². The number of nitrogens with zero attached hydrogens (tertiary/aromatic N) is 1. The number of rotatable bonds is 1. The molecule has 2 rings (SSSR count). The molecule has 1 heterocycles. The van der Waals surface area contributed by atoms with Gasteiger partial charge in [0.25, 0.3) is 0 Å². The van der Waals surface area contributed by atoms with Crippen LogP contribution in [0.2, 0.25) is 0 Å². The molecule has 1 fully saturated rings. The van der Waals surface area contributed by atoms with Crippen LogP contribution in [0.4, 0.5) is 18.9 Å². The van der Waals surface area contributed by atoms with Gasteiger partial charge in [0, 0.05) is 31.3 Å². The molecule has 1 aromatic rings. The lowest BCUT2D eigenvalue weighted by Gasteiger charge is -2.36. The maximum Gasteiger partial charge on any atom is 0.152 e. The summed E-state index contributed by atoms with van der Waals surface area (Å²) in [5, 5.41) is 0. The summed E-state index contributed by atoms with van der Waals surface area (Å²) in [6.45, 7) is 2.92. The van der Waals surface area contributed by atoms with Gasteiger partial charge in [0.15, 0.2) is 11.6 Å². The number of benzene rings is 1. The lowest BCUT2D eigenvalue weighted by Crippen LogP contribution is -2.46. The molecule has 0 saturated carbocycles. The first-order valence-corrected chi connectivity index (χ1v) is 5.64. The molecule has 0 aliphatic carbocycles. The summed E-state index contributed by atoms with van der Waals surface area (Å²) in [5.74, 6) is -2.45. The van der Waals surface area contributed by atoms with Crippen molar-refractivity contribution in [2.45, 2.75) is 19.4 Å². The van der Waals surface area contributed by atoms with E-state index in [2.05, 4.69) is 0 Å². The van der Waals surface area contributed by atoms with Crippen LogP contribution in [0.1, 0.15) is 13.3 Å². The first-order valence-electron chi connectivity index (χ1n) is 5.64. The molecule has 0 bridgehead atoms. The van der Waals surface area contributed by atoms with Crippen molar-refractivity contribution in [3.8, 4) is 0 Å². The van der Waals surface area contributed by atoms with E-state index in [9.17, 15) is 13.2 Å². The van der Waals surface area contributed by atoms with E-state index in [1.54, 1.807) is 4.90 Å². The fraction of sp³-hybridized carbons (Fsp3) is 0.500. The molecule has 0 aromatic heterocycles. The third kappa shape index (κ3) is 2.39. The van der Waals surface area contributed by atoms with Gasteiger partial charge in [0.05, 0.1) is 0 Å². The van der Waals surface area contributed by atoms with E-state index in [0.29, 0.717) is 31.6 Å². The highest BCUT2D eigenvalue weighted by atomic mass is 19.1. The molecule has 2 atom stereocenters. The SMILES string of the molecule is CC1CN(c2c(F)cc(F)cc2F)CCC1N. The Bertz CT molecular complexity index is 399. The first kappa shape index (κ1) is 12.2. The minimum Gasteiger partial charge on any atom is -0.366 e. The van der Waals surface area contributed by atoms with E-state index in [1.807, 2.05) is 6.92 Å². The zero-order valence-corrected chi connectivity index (χ0v) is 9.59. The van der Waals surface area contributed by atoms with E-state index in [0.717, 1.165) is 0 Å². The summed E-state index contributed by atoms with van der Waals surface area (Å²) in [4.78, 5) is 1.60. The van der Waals surface area contributed by atoms with Crippen molar-refractivity contribution in [2.75, 3.05) is 18.0 Å².